The predicted molar refractivity (Wildman–Crippen MR) is 523 cm³/mol. The van der Waals surface area contributed by atoms with Crippen molar-refractivity contribution < 1.29 is 39.2 Å². The van der Waals surface area contributed by atoms with E-state index >= 15 is 0 Å². The molecule has 21 nitrogen and oxygen atoms in total. The zero-order valence-electron chi connectivity index (χ0n) is 72.6. The van der Waals surface area contributed by atoms with Crippen molar-refractivity contribution in [2.45, 2.75) is 211 Å². The van der Waals surface area contributed by atoms with Gasteiger partial charge in [0.15, 0.2) is 33.6 Å². The van der Waals surface area contributed by atoms with Crippen LogP contribution in [0.5, 0.6) is 0 Å². The van der Waals surface area contributed by atoms with E-state index in [1.165, 1.54) is 10.4 Å². The standard InChI is InChI=1S/C32H41BrN4O3SSi.C26H27BrN4O3S.C24H36N4OSi.C8H7Br2ClO2S.ClH/c1-31(2,3)35-27-19-23(20-36-17-15-34-30(27)36)25-10-9-11-28(26(25)21-40-42(7,8)32(4,5)6)37-16-14-22-18-24(33)12-13-29(22)41(37,38)39;1-26(2,3)29-22-14-18(15-30-12-10-28-25(22)30)20-5-4-6-23(21(20)16-32)31-11-9-17-13-19(27)7-8-24(17)35(31,33)34;1-23(2,3)27-21-14-17(15-28-13-12-26-22(21)28)18-10-9-11-20(25)19(18)16-29-30(7,8)24(4,5)6;9-4-3-6-5-7(10)1-2-8(6)14(11,12)13;/h9-13,15,17-20,35H,14,16,21H2,1-8H3;4-8,10,12-15,29,32H,9,11,16H2,1-3H3;9-15,27H,16,25H2,1-8H3;1-2,5H,3-4H2;1H. The Labute approximate surface area is 766 Å². The van der Waals surface area contributed by atoms with E-state index < -0.39 is 45.7 Å². The summed E-state index contributed by atoms with van der Waals surface area (Å²) in [5, 5.41) is 22.0. The molecule has 6 aromatic carbocycles. The molecule has 12 aromatic rings. The Bertz CT molecular complexity index is 6200. The Balaban J connectivity index is 0.000000179. The summed E-state index contributed by atoms with van der Waals surface area (Å²) in [5.41, 5.74) is 23.8. The normalized spacial score (nSPS) is 14.3. The number of nitrogen functional groups attached to an aromatic ring is 1. The number of fused-ring (bicyclic) bond motifs is 5. The van der Waals surface area contributed by atoms with Crippen LogP contribution < -0.4 is 30.3 Å². The molecule has 122 heavy (non-hydrogen) atoms. The summed E-state index contributed by atoms with van der Waals surface area (Å²) in [6, 6.07) is 39.4. The van der Waals surface area contributed by atoms with Crippen LogP contribution in [0.15, 0.2) is 211 Å². The predicted octanol–water partition coefficient (Wildman–Crippen LogP) is 23.5. The van der Waals surface area contributed by atoms with Crippen molar-refractivity contribution in [3.05, 3.63) is 230 Å². The van der Waals surface area contributed by atoms with Crippen LogP contribution in [0.2, 0.25) is 36.3 Å². The lowest BCUT2D eigenvalue weighted by molar-refractivity contribution is 0.277. The van der Waals surface area contributed by atoms with Crippen molar-refractivity contribution in [1.29, 1.82) is 0 Å². The van der Waals surface area contributed by atoms with Gasteiger partial charge in [0.05, 0.1) is 62.9 Å². The van der Waals surface area contributed by atoms with Gasteiger partial charge in [-0.15, -0.1) is 12.4 Å². The lowest BCUT2D eigenvalue weighted by Crippen LogP contribution is -2.41. The SMILES string of the molecule is CC(C)(C)Nc1cc(-c2cccc(N)c2CO[Si](C)(C)C(C)(C)C)cn2ccnc12.CC(C)(C)Nc1cc(-c2cccc(N3CCc4cc(Br)ccc4S3(=O)=O)c2CO)cn2ccnc12.CC(C)(C)Nc1cc(-c2cccc(N3CCc4cc(Br)ccc4S3(=O)=O)c2CO[Si](C)(C)C(C)(C)C)cn2ccnc12.Cl.O=S(=O)(Cl)c1ccc(Br)cc1CCBr. The van der Waals surface area contributed by atoms with Gasteiger partial charge in [-0.2, -0.15) is 0 Å². The van der Waals surface area contributed by atoms with Crippen LogP contribution >= 0.6 is 86.8 Å². The summed E-state index contributed by atoms with van der Waals surface area (Å²) in [6.45, 7) is 42.7. The van der Waals surface area contributed by atoms with Crippen molar-refractivity contribution in [2.24, 2.45) is 0 Å². The highest BCUT2D eigenvalue weighted by Gasteiger charge is 2.41. The Hall–Kier alpha value is -7.15. The number of hydrogen-bond acceptors (Lipinski definition) is 16. The van der Waals surface area contributed by atoms with E-state index in [2.05, 4.69) is 266 Å². The summed E-state index contributed by atoms with van der Waals surface area (Å²) in [6.07, 6.45) is 19.1. The minimum atomic E-state index is -3.77. The highest BCUT2D eigenvalue weighted by molar-refractivity contribution is 9.11. The highest BCUT2D eigenvalue weighted by Crippen LogP contribution is 2.46. The van der Waals surface area contributed by atoms with E-state index in [0.717, 1.165) is 109 Å². The number of rotatable bonds is 18. The number of benzene rings is 6. The van der Waals surface area contributed by atoms with E-state index in [9.17, 15) is 30.4 Å². The maximum absolute atomic E-state index is 14.1. The van der Waals surface area contributed by atoms with Crippen LogP contribution in [0, 0.1) is 0 Å². The number of nitrogens with zero attached hydrogens (tertiary/aromatic N) is 8. The number of hydrogen-bond donors (Lipinski definition) is 5. The van der Waals surface area contributed by atoms with Crippen LogP contribution in [0.25, 0.3) is 50.3 Å². The van der Waals surface area contributed by atoms with E-state index in [4.69, 9.17) is 25.3 Å². The first-order chi connectivity index (χ1) is 56.3. The zero-order chi connectivity index (χ0) is 88.7. The molecule has 0 saturated carbocycles. The molecule has 0 unspecified atom stereocenters. The fraction of sp³-hybridized carbons (Fsp3) is 0.367. The maximum atomic E-state index is 14.1. The second kappa shape index (κ2) is 37.8. The average Bonchev–Trinajstić information content (AvgIpc) is 0.983. The molecule has 0 radical (unpaired) electrons. The molecule has 2 aliphatic rings. The molecule has 2 aliphatic heterocycles. The zero-order valence-corrected chi connectivity index (χ0v) is 84.9. The van der Waals surface area contributed by atoms with Crippen molar-refractivity contribution >= 4 is 184 Å². The summed E-state index contributed by atoms with van der Waals surface area (Å²) < 4.78 is 103. The van der Waals surface area contributed by atoms with Gasteiger partial charge in [0.2, 0.25) is 0 Å². The van der Waals surface area contributed by atoms with E-state index in [0.29, 0.717) is 83.2 Å². The van der Waals surface area contributed by atoms with Crippen LogP contribution in [0.3, 0.4) is 0 Å². The Morgan fingerprint density at radius 3 is 1.23 bits per heavy atom. The van der Waals surface area contributed by atoms with Crippen LogP contribution in [0.4, 0.5) is 34.1 Å². The minimum Gasteiger partial charge on any atom is -0.412 e. The summed E-state index contributed by atoms with van der Waals surface area (Å²) in [4.78, 5) is 14.4. The lowest BCUT2D eigenvalue weighted by atomic mass is 9.98. The number of aliphatic hydroxyl groups is 1. The molecule has 6 aromatic heterocycles. The second-order valence-corrected chi connectivity index (χ2v) is 55.9. The van der Waals surface area contributed by atoms with Crippen LogP contribution in [0.1, 0.15) is 137 Å². The number of aryl methyl sites for hydroxylation is 1. The minimum absolute atomic E-state index is 0. The fourth-order valence-electron chi connectivity index (χ4n) is 14.0. The number of imidazole rings is 3. The molecule has 0 saturated heterocycles. The first-order valence-electron chi connectivity index (χ1n) is 40.0. The van der Waals surface area contributed by atoms with Gasteiger partial charge in [-0.1, -0.05) is 142 Å². The van der Waals surface area contributed by atoms with Crippen molar-refractivity contribution in [2.75, 3.05) is 48.7 Å². The summed E-state index contributed by atoms with van der Waals surface area (Å²) >= 11 is 13.5. The van der Waals surface area contributed by atoms with E-state index in [1.807, 2.05) is 94.4 Å². The Morgan fingerprint density at radius 2 is 0.861 bits per heavy atom. The third-order valence-corrected chi connectivity index (χ3v) is 38.0. The quantitative estimate of drug-likeness (QED) is 0.0231. The lowest BCUT2D eigenvalue weighted by Gasteiger charge is -2.37. The molecule has 6 N–H and O–H groups in total. The molecule has 0 amide bonds. The molecular weight excluding hydrogens is 1940 g/mol. The van der Waals surface area contributed by atoms with E-state index in [-0.39, 0.29) is 50.6 Å². The van der Waals surface area contributed by atoms with Crippen LogP contribution in [-0.4, -0.2) is 110 Å². The topological polar surface area (TPSA) is 262 Å². The smallest absolute Gasteiger partial charge is 0.264 e. The average molecular weight is 2050 g/mol. The number of pyridine rings is 3. The van der Waals surface area contributed by atoms with Crippen molar-refractivity contribution in [3.63, 3.8) is 0 Å². The molecule has 654 valence electrons. The molecule has 0 spiro atoms. The van der Waals surface area contributed by atoms with Crippen molar-refractivity contribution in [3.8, 4) is 33.4 Å². The largest absolute Gasteiger partial charge is 0.412 e. The van der Waals surface area contributed by atoms with Gasteiger partial charge in [0, 0.05) is 154 Å². The number of alkyl halides is 1. The van der Waals surface area contributed by atoms with Gasteiger partial charge < -0.3 is 48.8 Å². The van der Waals surface area contributed by atoms with Gasteiger partial charge in [-0.25, -0.2) is 40.2 Å². The van der Waals surface area contributed by atoms with Gasteiger partial charge >= 0.3 is 0 Å². The van der Waals surface area contributed by atoms with Gasteiger partial charge in [0.1, 0.15) is 0 Å². The molecule has 0 fully saturated rings. The van der Waals surface area contributed by atoms with Gasteiger partial charge in [0.25, 0.3) is 29.1 Å². The first-order valence-corrected chi connectivity index (χ1v) is 54.5. The maximum Gasteiger partial charge on any atom is 0.264 e. The molecular formula is C90H112Br4Cl2N12O9S3Si2. The highest BCUT2D eigenvalue weighted by atomic mass is 79.9. The third kappa shape index (κ3) is 22.6. The molecule has 8 heterocycles. The molecule has 32 heteroatoms. The van der Waals surface area contributed by atoms with Gasteiger partial charge in [-0.3, -0.25) is 8.61 Å². The first kappa shape index (κ1) is 97.1. The number of halogens is 6. The summed E-state index contributed by atoms with van der Waals surface area (Å²) in [5.74, 6) is 0. The molecule has 0 atom stereocenters. The second-order valence-electron chi connectivity index (χ2n) is 36.5. The van der Waals surface area contributed by atoms with Crippen molar-refractivity contribution in [1.82, 2.24) is 28.2 Å². The fourth-order valence-corrected chi connectivity index (χ4v) is 22.1. The van der Waals surface area contributed by atoms with Crippen LogP contribution in [-0.2, 0) is 77.0 Å². The number of aliphatic hydroxyl groups excluding tert-OH is 1. The number of nitrogens with one attached hydrogen (secondary N) is 3. The molecule has 0 bridgehead atoms. The van der Waals surface area contributed by atoms with Gasteiger partial charge in [-0.05, 0) is 242 Å². The number of anilines is 6. The third-order valence-electron chi connectivity index (χ3n) is 21.9. The number of nitrogens with two attached hydrogens (primary N) is 1. The summed E-state index contributed by atoms with van der Waals surface area (Å²) in [7, 11) is -9.94. The number of aromatic nitrogens is 6. The Kier molecular flexibility index (Phi) is 30.1. The monoisotopic (exact) mass is 2040 g/mol. The molecule has 14 rings (SSSR count). The van der Waals surface area contributed by atoms with E-state index in [1.54, 1.807) is 59.2 Å². The molecule has 0 aliphatic carbocycles. The number of sulfonamides is 2. The Morgan fingerprint density at radius 1 is 0.508 bits per heavy atom.